The number of aryl methyl sites for hydroxylation is 1. The minimum Gasteiger partial charge on any atom is -0.493 e. The minimum absolute atomic E-state index is 0.133. The highest BCUT2D eigenvalue weighted by Crippen LogP contribution is 2.39. The van der Waals surface area contributed by atoms with Crippen LogP contribution in [-0.4, -0.2) is 49.2 Å². The summed E-state index contributed by atoms with van der Waals surface area (Å²) in [5, 5.41) is 2.61. The van der Waals surface area contributed by atoms with Gasteiger partial charge in [0.05, 0.1) is 32.8 Å². The first-order valence-electron chi connectivity index (χ1n) is 10.6. The number of aromatic amines is 1. The van der Waals surface area contributed by atoms with Gasteiger partial charge >= 0.3 is 11.3 Å². The number of Topliss-reactive ketones (excluding diaryl/α,β-unsaturated/α-hetero) is 1. The quantitative estimate of drug-likeness (QED) is 0.277. The molecule has 0 spiro atoms. The summed E-state index contributed by atoms with van der Waals surface area (Å²) in [7, 11) is 6.00. The molecule has 0 unspecified atom stereocenters. The van der Waals surface area contributed by atoms with E-state index in [1.54, 1.807) is 42.5 Å². The molecule has 11 nitrogen and oxygen atoms in total. The summed E-state index contributed by atoms with van der Waals surface area (Å²) in [5.41, 5.74) is 0.433. The summed E-state index contributed by atoms with van der Waals surface area (Å²) >= 11 is 1.04. The first-order chi connectivity index (χ1) is 17.4. The zero-order chi connectivity index (χ0) is 25.8. The third kappa shape index (κ3) is 4.75. The number of ketones is 1. The van der Waals surface area contributed by atoms with Gasteiger partial charge in [-0.05, 0) is 41.2 Å². The number of rotatable bonds is 8. The Hall–Kier alpha value is -4.32. The van der Waals surface area contributed by atoms with Crippen molar-refractivity contribution in [1.82, 2.24) is 5.27 Å². The molecule has 186 valence electrons. The van der Waals surface area contributed by atoms with Crippen LogP contribution in [0.1, 0.15) is 16.1 Å². The Bertz CT molecular complexity index is 1400. The molecule has 4 rings (SSSR count). The van der Waals surface area contributed by atoms with Gasteiger partial charge in [0.25, 0.3) is 5.91 Å². The first kappa shape index (κ1) is 24.8. The molecule has 0 atom stereocenters. The molecule has 0 saturated carbocycles. The molecule has 0 radical (unpaired) electrons. The van der Waals surface area contributed by atoms with Crippen LogP contribution >= 0.6 is 11.8 Å². The van der Waals surface area contributed by atoms with Gasteiger partial charge in [0.1, 0.15) is 5.70 Å². The number of thioether (sulfide) groups is 1. The highest BCUT2D eigenvalue weighted by atomic mass is 32.2. The zero-order valence-corrected chi connectivity index (χ0v) is 20.8. The summed E-state index contributed by atoms with van der Waals surface area (Å²) in [6.45, 7) is 0. The second-order valence-corrected chi connectivity index (χ2v) is 8.40. The topological polar surface area (TPSA) is 127 Å². The van der Waals surface area contributed by atoms with Crippen LogP contribution in [0, 0.1) is 0 Å². The summed E-state index contributed by atoms with van der Waals surface area (Å²) in [6, 6.07) is 12.3. The molecule has 1 N–H and O–H groups in total. The molecular formula is C24H23N4O7S+. The summed E-state index contributed by atoms with van der Waals surface area (Å²) < 4.78 is 22.0. The van der Waals surface area contributed by atoms with E-state index in [1.165, 1.54) is 38.0 Å². The summed E-state index contributed by atoms with van der Waals surface area (Å²) in [5.74, 6) is 0.294. The Morgan fingerprint density at radius 2 is 1.78 bits per heavy atom. The van der Waals surface area contributed by atoms with Crippen LogP contribution in [0.15, 0.2) is 62.5 Å². The van der Waals surface area contributed by atoms with E-state index in [-0.39, 0.29) is 23.1 Å². The van der Waals surface area contributed by atoms with Gasteiger partial charge in [0, 0.05) is 0 Å². The molecule has 36 heavy (non-hydrogen) atoms. The zero-order valence-electron chi connectivity index (χ0n) is 19.9. The lowest BCUT2D eigenvalue weighted by Gasteiger charge is -2.17. The number of methoxy groups -OCH3 is 3. The second-order valence-electron chi connectivity index (χ2n) is 7.46. The van der Waals surface area contributed by atoms with Crippen molar-refractivity contribution in [3.05, 3.63) is 69.8 Å². The number of carbonyl (C=O) groups is 2. The number of hydrogen-bond acceptors (Lipinski definition) is 9. The fourth-order valence-electron chi connectivity index (χ4n) is 3.58. The van der Waals surface area contributed by atoms with Crippen LogP contribution in [0.3, 0.4) is 0 Å². The number of hydrogen-bond donors (Lipinski definition) is 1. The molecule has 1 amide bonds. The number of H-pyrrole nitrogens is 1. The minimum atomic E-state index is -0.768. The molecule has 12 heteroatoms. The number of ether oxygens (including phenoxy) is 3. The maximum absolute atomic E-state index is 13.4. The number of nitrogens with one attached hydrogen (secondary N) is 1. The van der Waals surface area contributed by atoms with Gasteiger partial charge < -0.3 is 14.2 Å². The van der Waals surface area contributed by atoms with E-state index in [9.17, 15) is 14.4 Å². The van der Waals surface area contributed by atoms with Gasteiger partial charge in [0.15, 0.2) is 23.7 Å². The molecule has 0 saturated heterocycles. The Morgan fingerprint density at radius 3 is 2.33 bits per heavy atom. The van der Waals surface area contributed by atoms with Gasteiger partial charge in [-0.3, -0.25) is 19.0 Å². The number of amides is 1. The van der Waals surface area contributed by atoms with Crippen molar-refractivity contribution in [2.45, 2.75) is 0 Å². The van der Waals surface area contributed by atoms with Crippen LogP contribution in [0.4, 0.5) is 5.69 Å². The van der Waals surface area contributed by atoms with Crippen LogP contribution < -0.4 is 29.4 Å². The molecule has 2 heterocycles. The third-order valence-electron chi connectivity index (χ3n) is 5.23. The Balaban J connectivity index is 1.70. The van der Waals surface area contributed by atoms with E-state index in [0.717, 1.165) is 11.8 Å². The third-order valence-corrected chi connectivity index (χ3v) is 6.17. The van der Waals surface area contributed by atoms with Crippen LogP contribution in [0.5, 0.6) is 17.2 Å². The number of amidine groups is 1. The number of carbonyl (C=O) groups excluding carboxylic acids is 2. The van der Waals surface area contributed by atoms with Crippen LogP contribution in [-0.2, 0) is 11.8 Å². The Labute approximate surface area is 209 Å². The molecular weight excluding hydrogens is 488 g/mol. The van der Waals surface area contributed by atoms with Crippen LogP contribution in [0.2, 0.25) is 0 Å². The van der Waals surface area contributed by atoms with E-state index in [1.807, 2.05) is 6.07 Å². The molecule has 3 aromatic rings. The van der Waals surface area contributed by atoms with E-state index in [4.69, 9.17) is 14.2 Å². The van der Waals surface area contributed by atoms with Gasteiger partial charge in [-0.15, -0.1) is 0 Å². The van der Waals surface area contributed by atoms with Crippen molar-refractivity contribution in [3.63, 3.8) is 0 Å². The molecule has 1 aromatic heterocycles. The number of aliphatic imine (C=N–C) groups is 1. The van der Waals surface area contributed by atoms with Crippen LogP contribution in [0.25, 0.3) is 6.08 Å². The van der Waals surface area contributed by atoms with E-state index in [0.29, 0.717) is 33.7 Å². The standard InChI is InChI=1S/C24H22N4O7S/c1-27-20(23(31)35-26-27)17(29)13-36-24-25-16(22(30)28(24)15-8-6-5-7-9-15)10-14-11-18(32-2)21(34-4)19(12-14)33-3/h5-12H,13H2,1-4H3/p+1/b16-10+. The molecule has 1 aliphatic heterocycles. The van der Waals surface area contributed by atoms with E-state index >= 15 is 0 Å². The second kappa shape index (κ2) is 10.5. The lowest BCUT2D eigenvalue weighted by Crippen LogP contribution is -2.40. The van der Waals surface area contributed by atoms with Gasteiger partial charge in [-0.1, -0.05) is 34.6 Å². The summed E-state index contributed by atoms with van der Waals surface area (Å²) in [6.07, 6.45) is 1.60. The Kier molecular flexibility index (Phi) is 7.25. The average molecular weight is 512 g/mol. The van der Waals surface area contributed by atoms with Crippen molar-refractivity contribution in [3.8, 4) is 17.2 Å². The van der Waals surface area contributed by atoms with E-state index in [2.05, 4.69) is 14.8 Å². The van der Waals surface area contributed by atoms with Crippen molar-refractivity contribution in [2.24, 2.45) is 12.0 Å². The number of benzene rings is 2. The number of para-hydroxylation sites is 1. The van der Waals surface area contributed by atoms with E-state index < -0.39 is 11.4 Å². The maximum Gasteiger partial charge on any atom is 0.438 e. The van der Waals surface area contributed by atoms with Crippen molar-refractivity contribution >= 4 is 40.4 Å². The number of anilines is 1. The number of aromatic nitrogens is 2. The maximum atomic E-state index is 13.4. The molecule has 2 aromatic carbocycles. The largest absolute Gasteiger partial charge is 0.493 e. The normalized spacial score (nSPS) is 14.2. The molecule has 0 bridgehead atoms. The molecule has 0 aliphatic carbocycles. The predicted molar refractivity (Wildman–Crippen MR) is 133 cm³/mol. The first-order valence-corrected chi connectivity index (χ1v) is 11.6. The van der Waals surface area contributed by atoms with Gasteiger partial charge in [-0.25, -0.2) is 9.79 Å². The average Bonchev–Trinajstić information content (AvgIpc) is 3.39. The highest BCUT2D eigenvalue weighted by Gasteiger charge is 2.34. The lowest BCUT2D eigenvalue weighted by atomic mass is 10.1. The molecule has 1 aliphatic rings. The highest BCUT2D eigenvalue weighted by molar-refractivity contribution is 8.14. The van der Waals surface area contributed by atoms with Crippen molar-refractivity contribution in [2.75, 3.05) is 32.0 Å². The lowest BCUT2D eigenvalue weighted by molar-refractivity contribution is -0.741. The Morgan fingerprint density at radius 1 is 1.11 bits per heavy atom. The monoisotopic (exact) mass is 511 g/mol. The molecule has 0 fully saturated rings. The fraction of sp³-hybridized carbons (Fsp3) is 0.208. The smallest absolute Gasteiger partial charge is 0.438 e. The predicted octanol–water partition coefficient (Wildman–Crippen LogP) is 2.18. The van der Waals surface area contributed by atoms with Gasteiger partial charge in [-0.2, -0.15) is 0 Å². The summed E-state index contributed by atoms with van der Waals surface area (Å²) in [4.78, 5) is 43.9. The fourth-order valence-corrected chi connectivity index (χ4v) is 4.46. The number of nitrogens with zero attached hydrogens (tertiary/aromatic N) is 3. The van der Waals surface area contributed by atoms with Crippen molar-refractivity contribution in [1.29, 1.82) is 0 Å². The van der Waals surface area contributed by atoms with Gasteiger partial charge in [0.2, 0.25) is 11.5 Å². The SMILES string of the molecule is COc1cc(/C=C2/N=C(SCC(=O)c3c(=O)o[nH][n+]3C)N(c3ccccc3)C2=O)cc(OC)c1OC. The van der Waals surface area contributed by atoms with Crippen molar-refractivity contribution < 1.29 is 33.0 Å².